The van der Waals surface area contributed by atoms with Crippen LogP contribution in [0.4, 0.5) is 11.4 Å². The molecule has 16 N–H and O–H groups in total. The highest BCUT2D eigenvalue weighted by Crippen LogP contribution is 2.56. The zero-order chi connectivity index (χ0) is 51.4. The van der Waals surface area contributed by atoms with E-state index in [0.717, 1.165) is 13.0 Å². The van der Waals surface area contributed by atoms with Gasteiger partial charge in [-0.05, 0) is 87.7 Å². The largest absolute Gasteiger partial charge is 0.456 e. The van der Waals surface area contributed by atoms with Crippen LogP contribution in [0.5, 0.6) is 11.5 Å². The number of nitrogens with one attached hydrogen (secondary N) is 7. The van der Waals surface area contributed by atoms with Crippen molar-refractivity contribution in [2.45, 2.75) is 102 Å². The Bertz CT molecular complexity index is 2560. The third-order valence-corrected chi connectivity index (χ3v) is 12.0. The fourth-order valence-electron chi connectivity index (χ4n) is 8.70. The second-order valence-corrected chi connectivity index (χ2v) is 17.9. The monoisotopic (exact) mass is 981 g/mol. The first-order valence-corrected chi connectivity index (χ1v) is 23.4. The number of aliphatic hydroxyl groups is 1. The maximum Gasteiger partial charge on any atom is 0.340 e. The molecule has 6 atom stereocenters. The van der Waals surface area contributed by atoms with Crippen LogP contribution in [0.15, 0.2) is 70.6 Å². The molecule has 3 aliphatic heterocycles. The molecule has 0 saturated carbocycles. The molecular weight excluding hydrogens is 919 g/mol. The average molecular weight is 982 g/mol. The number of benzene rings is 3. The van der Waals surface area contributed by atoms with Crippen molar-refractivity contribution in [3.63, 3.8) is 0 Å². The summed E-state index contributed by atoms with van der Waals surface area (Å²) in [4.78, 5) is 102. The lowest BCUT2D eigenvalue weighted by atomic mass is 9.77. The Kier molecular flexibility index (Phi) is 17.5. The number of carbonyl (C=O) groups is 7. The highest BCUT2D eigenvalue weighted by Gasteiger charge is 2.53. The Hall–Kier alpha value is -7.79. The Morgan fingerprint density at radius 2 is 1.28 bits per heavy atom. The summed E-state index contributed by atoms with van der Waals surface area (Å²) in [7, 11) is 0. The van der Waals surface area contributed by atoms with Gasteiger partial charge in [0.15, 0.2) is 17.5 Å². The molecule has 1 unspecified atom stereocenters. The summed E-state index contributed by atoms with van der Waals surface area (Å²) in [6.45, 7) is 5.01. The van der Waals surface area contributed by atoms with Crippen molar-refractivity contribution in [3.8, 4) is 11.5 Å². The lowest BCUT2D eigenvalue weighted by molar-refractivity contribution is -0.135. The van der Waals surface area contributed by atoms with Gasteiger partial charge in [0.25, 0.3) is 0 Å². The standard InChI is InChI=1S/C48H63N13O10/c1-25(2)21-36(56-26(3)63)43(67)59-35(13-8-20-55-47(51)52)42(66)61-37(24-62)44(68)60-34(12-7-19-54-46(49)50)41(65)58-28-15-17-32-39(23-28)70-38-22-27(57-40(64)33-11-6-18-53-33)14-16-31(38)48(32)30-10-5-4-9-29(30)45(69)71-48/h4-5,9-10,14-17,22-23,25,33-37,53,62H,6-8,11-13,18-21,24H2,1-3H3,(H,56,63)(H,57,64)(H,58,65)(H,59,67)(H,60,68)(H,61,66)(H4,49,50,54)(H4,51,52,55)/t33-,34+,35+,36+,37+,48?/m1/s1. The molecule has 23 heteroatoms. The molecule has 0 radical (unpaired) electrons. The molecule has 3 aliphatic rings. The van der Waals surface area contributed by atoms with E-state index in [4.69, 9.17) is 32.4 Å². The van der Waals surface area contributed by atoms with Gasteiger partial charge in [0.1, 0.15) is 35.7 Å². The second kappa shape index (κ2) is 23.7. The van der Waals surface area contributed by atoms with E-state index in [1.165, 1.54) is 13.0 Å². The fraction of sp³-hybridized carbons (Fsp3) is 0.438. The van der Waals surface area contributed by atoms with E-state index in [9.17, 15) is 38.7 Å². The van der Waals surface area contributed by atoms with Gasteiger partial charge < -0.3 is 74.7 Å². The Morgan fingerprint density at radius 1 is 0.732 bits per heavy atom. The number of guanidine groups is 2. The molecule has 71 heavy (non-hydrogen) atoms. The van der Waals surface area contributed by atoms with Gasteiger partial charge >= 0.3 is 5.97 Å². The van der Waals surface area contributed by atoms with Crippen LogP contribution in [0.3, 0.4) is 0 Å². The number of hydrogen-bond donors (Lipinski definition) is 12. The number of aliphatic hydroxyl groups excluding tert-OH is 1. The Labute approximate surface area is 410 Å². The predicted octanol–water partition coefficient (Wildman–Crippen LogP) is -0.0117. The number of fused-ring (bicyclic) bond motifs is 6. The van der Waals surface area contributed by atoms with Gasteiger partial charge in [-0.15, -0.1) is 0 Å². The van der Waals surface area contributed by atoms with Crippen molar-refractivity contribution >= 4 is 64.7 Å². The first-order valence-electron chi connectivity index (χ1n) is 23.4. The molecular formula is C48H63N13O10. The highest BCUT2D eigenvalue weighted by atomic mass is 16.6. The number of hydrogen-bond acceptors (Lipinski definition) is 13. The summed E-state index contributed by atoms with van der Waals surface area (Å²) >= 11 is 0. The zero-order valence-corrected chi connectivity index (χ0v) is 39.8. The van der Waals surface area contributed by atoms with Crippen LogP contribution in [-0.2, 0) is 39.1 Å². The number of nitrogens with two attached hydrogens (primary N) is 4. The minimum Gasteiger partial charge on any atom is -0.456 e. The van der Waals surface area contributed by atoms with E-state index in [1.807, 2.05) is 13.8 Å². The first-order chi connectivity index (χ1) is 33.9. The lowest BCUT2D eigenvalue weighted by Crippen LogP contribution is -2.58. The summed E-state index contributed by atoms with van der Waals surface area (Å²) < 4.78 is 12.8. The number of nitrogens with zero attached hydrogens (tertiary/aromatic N) is 2. The van der Waals surface area contributed by atoms with Crippen LogP contribution in [0.2, 0.25) is 0 Å². The van der Waals surface area contributed by atoms with Crippen molar-refractivity contribution in [1.29, 1.82) is 0 Å². The Morgan fingerprint density at radius 3 is 1.83 bits per heavy atom. The van der Waals surface area contributed by atoms with Crippen molar-refractivity contribution < 1.29 is 48.1 Å². The summed E-state index contributed by atoms with van der Waals surface area (Å²) in [5.74, 6) is -4.24. The van der Waals surface area contributed by atoms with Crippen LogP contribution in [0.1, 0.15) is 92.8 Å². The summed E-state index contributed by atoms with van der Waals surface area (Å²) in [6.07, 6.45) is 2.24. The molecule has 6 amide bonds. The molecule has 0 aromatic heterocycles. The molecule has 3 aromatic rings. The fourth-order valence-corrected chi connectivity index (χ4v) is 8.70. The maximum atomic E-state index is 14.2. The third kappa shape index (κ3) is 13.1. The van der Waals surface area contributed by atoms with E-state index in [1.54, 1.807) is 54.6 Å². The topological polar surface area (TPSA) is 371 Å². The van der Waals surface area contributed by atoms with Gasteiger partial charge in [-0.2, -0.15) is 0 Å². The molecule has 0 bridgehead atoms. The highest BCUT2D eigenvalue weighted by molar-refractivity contribution is 6.01. The van der Waals surface area contributed by atoms with Crippen LogP contribution >= 0.6 is 0 Å². The lowest BCUT2D eigenvalue weighted by Gasteiger charge is -2.37. The van der Waals surface area contributed by atoms with Crippen LogP contribution in [0.25, 0.3) is 0 Å². The summed E-state index contributed by atoms with van der Waals surface area (Å²) in [6, 6.07) is 11.4. The van der Waals surface area contributed by atoms with E-state index in [2.05, 4.69) is 47.2 Å². The number of ether oxygens (including phenoxy) is 2. The SMILES string of the molecule is CC(=O)N[C@@H](CC(C)C)C(=O)N[C@@H](CCCN=C(N)N)C(=O)N[C@@H](CO)C(=O)N[C@@H](CCCN=C(N)N)C(=O)Nc1ccc2c(c1)Oc1cc(NC(=O)[C@H]3CCCN3)ccc1C21OC(=O)c2ccccc21. The number of aliphatic imine (C=N–C) groups is 2. The van der Waals surface area contributed by atoms with Gasteiger partial charge in [0.05, 0.1) is 18.2 Å². The number of amides is 6. The molecule has 3 aromatic carbocycles. The second-order valence-electron chi connectivity index (χ2n) is 17.9. The number of anilines is 2. The van der Waals surface area contributed by atoms with Gasteiger partial charge in [0.2, 0.25) is 35.4 Å². The smallest absolute Gasteiger partial charge is 0.340 e. The Balaban J connectivity index is 1.23. The average Bonchev–Trinajstić information content (AvgIpc) is 3.97. The maximum absolute atomic E-state index is 14.2. The van der Waals surface area contributed by atoms with Gasteiger partial charge in [-0.3, -0.25) is 38.8 Å². The minimum atomic E-state index is -1.61. The van der Waals surface area contributed by atoms with Gasteiger partial charge in [-0.25, -0.2) is 4.79 Å². The number of carbonyl (C=O) groups excluding carboxylic acids is 7. The number of rotatable bonds is 22. The number of esters is 1. The van der Waals surface area contributed by atoms with Crippen molar-refractivity contribution in [2.75, 3.05) is 36.9 Å². The van der Waals surface area contributed by atoms with E-state index >= 15 is 0 Å². The van der Waals surface area contributed by atoms with Gasteiger partial charge in [-0.1, -0.05) is 32.0 Å². The third-order valence-electron chi connectivity index (χ3n) is 12.0. The molecule has 3 heterocycles. The molecule has 1 fully saturated rings. The molecule has 6 rings (SSSR count). The van der Waals surface area contributed by atoms with E-state index in [0.29, 0.717) is 34.4 Å². The van der Waals surface area contributed by atoms with Crippen molar-refractivity contribution in [2.24, 2.45) is 38.8 Å². The summed E-state index contributed by atoms with van der Waals surface area (Å²) in [5, 5.41) is 29.7. The van der Waals surface area contributed by atoms with Crippen LogP contribution in [-0.4, -0.2) is 115 Å². The van der Waals surface area contributed by atoms with E-state index in [-0.39, 0.29) is 92.2 Å². The van der Waals surface area contributed by atoms with E-state index < -0.39 is 71.9 Å². The minimum absolute atomic E-state index is 0.000412. The predicted molar refractivity (Wildman–Crippen MR) is 263 cm³/mol. The van der Waals surface area contributed by atoms with Crippen LogP contribution in [0, 0.1) is 5.92 Å². The molecule has 380 valence electrons. The zero-order valence-electron chi connectivity index (χ0n) is 39.8. The molecule has 0 aliphatic carbocycles. The quantitative estimate of drug-likeness (QED) is 0.0273. The summed E-state index contributed by atoms with van der Waals surface area (Å²) in [5.41, 5.74) is 23.0. The van der Waals surface area contributed by atoms with Gasteiger partial charge in [0, 0.05) is 60.2 Å². The normalized spacial score (nSPS) is 17.9. The molecule has 1 saturated heterocycles. The molecule has 1 spiro atoms. The van der Waals surface area contributed by atoms with Crippen molar-refractivity contribution in [3.05, 3.63) is 82.9 Å². The van der Waals surface area contributed by atoms with Crippen molar-refractivity contribution in [1.82, 2.24) is 26.6 Å². The molecule has 23 nitrogen and oxygen atoms in total. The van der Waals surface area contributed by atoms with Crippen LogP contribution < -0.4 is 64.9 Å². The first kappa shape index (κ1) is 52.6.